The third-order valence-electron chi connectivity index (χ3n) is 4.71. The fourth-order valence-electron chi connectivity index (χ4n) is 3.10. The number of halogens is 1. The van der Waals surface area contributed by atoms with Gasteiger partial charge in [0.1, 0.15) is 0 Å². The number of hydrogen-bond acceptors (Lipinski definition) is 3. The minimum atomic E-state index is -0.219. The number of ether oxygens (including phenoxy) is 2. The topological polar surface area (TPSA) is 44.5 Å². The van der Waals surface area contributed by atoms with E-state index < -0.39 is 0 Å². The summed E-state index contributed by atoms with van der Waals surface area (Å²) in [6.07, 6.45) is 8.36. The van der Waals surface area contributed by atoms with Crippen molar-refractivity contribution in [2.24, 2.45) is 11.7 Å². The Bertz CT molecular complexity index is 508. The van der Waals surface area contributed by atoms with Crippen molar-refractivity contribution in [3.8, 4) is 11.5 Å². The zero-order chi connectivity index (χ0) is 14.9. The molecule has 0 unspecified atom stereocenters. The molecule has 0 amide bonds. The molecule has 3 nitrogen and oxygen atoms in total. The lowest BCUT2D eigenvalue weighted by Crippen LogP contribution is -2.38. The fraction of sp³-hybridized carbons (Fsp3) is 0.647. The molecule has 116 valence electrons. The maximum absolute atomic E-state index is 6.64. The van der Waals surface area contributed by atoms with E-state index in [4.69, 9.17) is 15.2 Å². The molecule has 0 aliphatic heterocycles. The lowest BCUT2D eigenvalue weighted by molar-refractivity contribution is 0.274. The largest absolute Gasteiger partial charge is 0.493 e. The molecular weight excluding hydrogens is 330 g/mol. The second kappa shape index (κ2) is 6.17. The predicted molar refractivity (Wildman–Crippen MR) is 87.9 cm³/mol. The van der Waals surface area contributed by atoms with Gasteiger partial charge >= 0.3 is 0 Å². The monoisotopic (exact) mass is 353 g/mol. The summed E-state index contributed by atoms with van der Waals surface area (Å²) in [5.74, 6) is 2.32. The van der Waals surface area contributed by atoms with Crippen molar-refractivity contribution in [3.05, 3.63) is 22.2 Å². The van der Waals surface area contributed by atoms with Crippen LogP contribution in [0.1, 0.15) is 50.5 Å². The highest BCUT2D eigenvalue weighted by molar-refractivity contribution is 9.10. The van der Waals surface area contributed by atoms with Gasteiger partial charge in [-0.3, -0.25) is 0 Å². The number of methoxy groups -OCH3 is 1. The molecule has 3 rings (SSSR count). The molecule has 4 heteroatoms. The van der Waals surface area contributed by atoms with Crippen molar-refractivity contribution in [1.29, 1.82) is 0 Å². The molecule has 2 fully saturated rings. The highest BCUT2D eigenvalue weighted by atomic mass is 79.9. The summed E-state index contributed by atoms with van der Waals surface area (Å²) in [5, 5.41) is 0. The Morgan fingerprint density at radius 1 is 1.24 bits per heavy atom. The van der Waals surface area contributed by atoms with E-state index in [1.54, 1.807) is 7.11 Å². The first-order chi connectivity index (χ1) is 10.1. The quantitative estimate of drug-likeness (QED) is 0.854. The molecule has 0 aromatic heterocycles. The van der Waals surface area contributed by atoms with Gasteiger partial charge in [0.2, 0.25) is 0 Å². The third-order valence-corrected chi connectivity index (χ3v) is 5.30. The van der Waals surface area contributed by atoms with Crippen molar-refractivity contribution in [2.45, 2.75) is 50.5 Å². The van der Waals surface area contributed by atoms with E-state index in [1.165, 1.54) is 32.1 Å². The Hall–Kier alpha value is -0.740. The number of hydrogen-bond donors (Lipinski definition) is 1. The zero-order valence-corrected chi connectivity index (χ0v) is 14.2. The third kappa shape index (κ3) is 3.37. The predicted octanol–water partition coefficient (Wildman–Crippen LogP) is 4.36. The van der Waals surface area contributed by atoms with Crippen LogP contribution in [0.3, 0.4) is 0 Å². The van der Waals surface area contributed by atoms with Crippen LogP contribution in [0.15, 0.2) is 16.6 Å². The maximum atomic E-state index is 6.64. The number of nitrogens with two attached hydrogens (primary N) is 1. The van der Waals surface area contributed by atoms with Crippen molar-refractivity contribution in [2.75, 3.05) is 13.7 Å². The first-order valence-electron chi connectivity index (χ1n) is 7.92. The molecule has 0 bridgehead atoms. The van der Waals surface area contributed by atoms with Crippen LogP contribution in [0.25, 0.3) is 0 Å². The molecular formula is C17H24BrNO2. The van der Waals surface area contributed by atoms with E-state index in [0.29, 0.717) is 0 Å². The lowest BCUT2D eigenvalue weighted by atomic mass is 9.77. The van der Waals surface area contributed by atoms with Crippen LogP contribution in [0.2, 0.25) is 0 Å². The average molecular weight is 354 g/mol. The van der Waals surface area contributed by atoms with Gasteiger partial charge in [0.05, 0.1) is 18.2 Å². The van der Waals surface area contributed by atoms with Gasteiger partial charge in [-0.05, 0) is 65.2 Å². The van der Waals surface area contributed by atoms with Crippen LogP contribution in [0, 0.1) is 5.92 Å². The Morgan fingerprint density at radius 2 is 1.95 bits per heavy atom. The maximum Gasteiger partial charge on any atom is 0.175 e. The fourth-order valence-corrected chi connectivity index (χ4v) is 3.66. The normalized spacial score (nSPS) is 21.1. The summed E-state index contributed by atoms with van der Waals surface area (Å²) in [5.41, 5.74) is 7.58. The first kappa shape index (κ1) is 15.2. The van der Waals surface area contributed by atoms with Gasteiger partial charge in [-0.1, -0.05) is 19.3 Å². The van der Waals surface area contributed by atoms with E-state index in [-0.39, 0.29) is 5.54 Å². The minimum Gasteiger partial charge on any atom is -0.493 e. The Kier molecular flexibility index (Phi) is 4.46. The molecule has 0 saturated heterocycles. The van der Waals surface area contributed by atoms with Crippen LogP contribution < -0.4 is 15.2 Å². The first-order valence-corrected chi connectivity index (χ1v) is 8.71. The summed E-state index contributed by atoms with van der Waals surface area (Å²) < 4.78 is 12.4. The van der Waals surface area contributed by atoms with Crippen molar-refractivity contribution >= 4 is 15.9 Å². The molecule has 1 aromatic carbocycles. The summed E-state index contributed by atoms with van der Waals surface area (Å²) in [6, 6.07) is 4.19. The summed E-state index contributed by atoms with van der Waals surface area (Å²) in [4.78, 5) is 0. The van der Waals surface area contributed by atoms with Crippen LogP contribution in [0.5, 0.6) is 11.5 Å². The van der Waals surface area contributed by atoms with E-state index in [1.807, 2.05) is 0 Å². The summed E-state index contributed by atoms with van der Waals surface area (Å²) in [6.45, 7) is 0.780. The van der Waals surface area contributed by atoms with Gasteiger partial charge in [0.15, 0.2) is 11.5 Å². The van der Waals surface area contributed by atoms with E-state index in [0.717, 1.165) is 46.9 Å². The van der Waals surface area contributed by atoms with Crippen molar-refractivity contribution in [3.63, 3.8) is 0 Å². The van der Waals surface area contributed by atoms with Gasteiger partial charge < -0.3 is 15.2 Å². The summed E-state index contributed by atoms with van der Waals surface area (Å²) in [7, 11) is 1.69. The van der Waals surface area contributed by atoms with Crippen LogP contribution in [-0.2, 0) is 5.54 Å². The molecule has 2 saturated carbocycles. The van der Waals surface area contributed by atoms with Gasteiger partial charge in [-0.15, -0.1) is 0 Å². The SMILES string of the molecule is COc1cc(C2(N)CCCCC2)cc(Br)c1OCC1CC1. The highest BCUT2D eigenvalue weighted by Gasteiger charge is 2.31. The van der Waals surface area contributed by atoms with Crippen LogP contribution in [-0.4, -0.2) is 13.7 Å². The molecule has 2 aliphatic rings. The van der Waals surface area contributed by atoms with E-state index >= 15 is 0 Å². The summed E-state index contributed by atoms with van der Waals surface area (Å²) >= 11 is 3.64. The molecule has 2 aliphatic carbocycles. The van der Waals surface area contributed by atoms with Gasteiger partial charge in [0.25, 0.3) is 0 Å². The second-order valence-corrected chi connectivity index (χ2v) is 7.31. The molecule has 0 spiro atoms. The Balaban J connectivity index is 1.86. The highest BCUT2D eigenvalue weighted by Crippen LogP contribution is 2.43. The van der Waals surface area contributed by atoms with Crippen LogP contribution >= 0.6 is 15.9 Å². The Morgan fingerprint density at radius 3 is 2.57 bits per heavy atom. The Labute approximate surface area is 135 Å². The van der Waals surface area contributed by atoms with E-state index in [9.17, 15) is 0 Å². The van der Waals surface area contributed by atoms with Gasteiger partial charge in [-0.25, -0.2) is 0 Å². The molecule has 0 radical (unpaired) electrons. The molecule has 0 heterocycles. The molecule has 21 heavy (non-hydrogen) atoms. The molecule has 1 aromatic rings. The average Bonchev–Trinajstić information content (AvgIpc) is 3.30. The molecule has 0 atom stereocenters. The van der Waals surface area contributed by atoms with Gasteiger partial charge in [-0.2, -0.15) is 0 Å². The number of rotatable bonds is 5. The van der Waals surface area contributed by atoms with Crippen molar-refractivity contribution in [1.82, 2.24) is 0 Å². The van der Waals surface area contributed by atoms with Crippen LogP contribution in [0.4, 0.5) is 0 Å². The smallest absolute Gasteiger partial charge is 0.175 e. The second-order valence-electron chi connectivity index (χ2n) is 6.46. The lowest BCUT2D eigenvalue weighted by Gasteiger charge is -2.34. The zero-order valence-electron chi connectivity index (χ0n) is 12.7. The van der Waals surface area contributed by atoms with Gasteiger partial charge in [0, 0.05) is 5.54 Å². The van der Waals surface area contributed by atoms with Crippen molar-refractivity contribution < 1.29 is 9.47 Å². The minimum absolute atomic E-state index is 0.219. The van der Waals surface area contributed by atoms with E-state index in [2.05, 4.69) is 28.1 Å². The number of benzene rings is 1. The molecule has 2 N–H and O–H groups in total. The standard InChI is InChI=1S/C17H24BrNO2/c1-20-15-10-13(17(19)7-3-2-4-8-17)9-14(18)16(15)21-11-12-5-6-12/h9-10,12H,2-8,11,19H2,1H3.